The molecule has 1 aromatic carbocycles. The highest BCUT2D eigenvalue weighted by Gasteiger charge is 2.10. The van der Waals surface area contributed by atoms with Crippen molar-refractivity contribution in [3.8, 4) is 6.07 Å². The van der Waals surface area contributed by atoms with E-state index in [-0.39, 0.29) is 18.4 Å². The molecule has 3 N–H and O–H groups in total. The van der Waals surface area contributed by atoms with Crippen molar-refractivity contribution in [3.63, 3.8) is 0 Å². The lowest BCUT2D eigenvalue weighted by molar-refractivity contribution is 0.755. The molecular formula is C11H12ClN3. The third-order valence-electron chi connectivity index (χ3n) is 2.33. The number of nitriles is 1. The molecule has 0 spiro atoms. The number of rotatable bonds is 2. The number of aromatic amines is 1. The van der Waals surface area contributed by atoms with E-state index < -0.39 is 0 Å². The van der Waals surface area contributed by atoms with Crippen LogP contribution in [0.4, 0.5) is 0 Å². The lowest BCUT2D eigenvalue weighted by Crippen LogP contribution is -2.08. The zero-order valence-electron chi connectivity index (χ0n) is 8.10. The fourth-order valence-electron chi connectivity index (χ4n) is 1.61. The minimum absolute atomic E-state index is 0. The third kappa shape index (κ3) is 2.12. The summed E-state index contributed by atoms with van der Waals surface area (Å²) < 4.78 is 0. The van der Waals surface area contributed by atoms with Crippen molar-refractivity contribution in [2.45, 2.75) is 12.5 Å². The fraction of sp³-hybridized carbons (Fsp3) is 0.182. The summed E-state index contributed by atoms with van der Waals surface area (Å²) >= 11 is 0. The van der Waals surface area contributed by atoms with Gasteiger partial charge in [-0.3, -0.25) is 0 Å². The van der Waals surface area contributed by atoms with Crippen molar-refractivity contribution in [2.75, 3.05) is 0 Å². The quantitative estimate of drug-likeness (QED) is 0.818. The van der Waals surface area contributed by atoms with Crippen LogP contribution < -0.4 is 5.73 Å². The van der Waals surface area contributed by atoms with Crippen molar-refractivity contribution in [2.24, 2.45) is 5.73 Å². The van der Waals surface area contributed by atoms with Crippen LogP contribution in [-0.4, -0.2) is 4.98 Å². The maximum absolute atomic E-state index is 8.57. The Morgan fingerprint density at radius 2 is 2.13 bits per heavy atom. The first-order valence-electron chi connectivity index (χ1n) is 4.51. The summed E-state index contributed by atoms with van der Waals surface area (Å²) in [6, 6.07) is 9.84. The van der Waals surface area contributed by atoms with Gasteiger partial charge in [0.15, 0.2) is 0 Å². The highest BCUT2D eigenvalue weighted by atomic mass is 35.5. The zero-order valence-corrected chi connectivity index (χ0v) is 8.92. The van der Waals surface area contributed by atoms with Gasteiger partial charge in [0.2, 0.25) is 0 Å². The van der Waals surface area contributed by atoms with Gasteiger partial charge in [0.05, 0.1) is 12.5 Å². The molecule has 1 heterocycles. The Morgan fingerprint density at radius 1 is 1.40 bits per heavy atom. The molecular weight excluding hydrogens is 210 g/mol. The van der Waals surface area contributed by atoms with Crippen LogP contribution in [0.15, 0.2) is 30.5 Å². The summed E-state index contributed by atoms with van der Waals surface area (Å²) in [5.41, 5.74) is 7.96. The Bertz CT molecular complexity index is 484. The molecule has 78 valence electrons. The monoisotopic (exact) mass is 221 g/mol. The van der Waals surface area contributed by atoms with Crippen molar-refractivity contribution in [1.29, 1.82) is 5.26 Å². The number of nitrogens with one attached hydrogen (secondary N) is 1. The molecule has 0 saturated carbocycles. The van der Waals surface area contributed by atoms with Crippen LogP contribution in [0.5, 0.6) is 0 Å². The van der Waals surface area contributed by atoms with Crippen LogP contribution in [-0.2, 0) is 0 Å². The molecule has 0 unspecified atom stereocenters. The van der Waals surface area contributed by atoms with Gasteiger partial charge < -0.3 is 10.7 Å². The number of halogens is 1. The van der Waals surface area contributed by atoms with Crippen LogP contribution in [0, 0.1) is 11.3 Å². The molecule has 0 bridgehead atoms. The van der Waals surface area contributed by atoms with E-state index in [0.29, 0.717) is 6.42 Å². The Kier molecular flexibility index (Phi) is 3.73. The van der Waals surface area contributed by atoms with Crippen LogP contribution in [0.1, 0.15) is 18.0 Å². The number of hydrogen-bond acceptors (Lipinski definition) is 2. The smallest absolute Gasteiger partial charge is 0.0641 e. The standard InChI is InChI=1S/C11H11N3.ClH/c12-6-5-10(13)9-7-14-11-4-2-1-3-8(9)11;/h1-4,7,10,14H,5,13H2;1H/t10-;/m0./s1. The van der Waals surface area contributed by atoms with Gasteiger partial charge in [-0.25, -0.2) is 0 Å². The van der Waals surface area contributed by atoms with Crippen molar-refractivity contribution < 1.29 is 0 Å². The van der Waals surface area contributed by atoms with Crippen LogP contribution in [0.25, 0.3) is 10.9 Å². The zero-order chi connectivity index (χ0) is 9.97. The minimum atomic E-state index is -0.198. The molecule has 0 aliphatic carbocycles. The number of aromatic nitrogens is 1. The van der Waals surface area contributed by atoms with Crippen LogP contribution >= 0.6 is 12.4 Å². The maximum Gasteiger partial charge on any atom is 0.0641 e. The maximum atomic E-state index is 8.57. The summed E-state index contributed by atoms with van der Waals surface area (Å²) in [5, 5.41) is 9.67. The van der Waals surface area contributed by atoms with E-state index in [0.717, 1.165) is 16.5 Å². The topological polar surface area (TPSA) is 65.6 Å². The molecule has 1 aromatic heterocycles. The third-order valence-corrected chi connectivity index (χ3v) is 2.33. The van der Waals surface area contributed by atoms with E-state index >= 15 is 0 Å². The van der Waals surface area contributed by atoms with Gasteiger partial charge in [0.25, 0.3) is 0 Å². The van der Waals surface area contributed by atoms with E-state index in [1.807, 2.05) is 30.5 Å². The molecule has 3 nitrogen and oxygen atoms in total. The molecule has 0 fully saturated rings. The predicted molar refractivity (Wildman–Crippen MR) is 62.7 cm³/mol. The van der Waals surface area contributed by atoms with Gasteiger partial charge in [-0.2, -0.15) is 5.26 Å². The summed E-state index contributed by atoms with van der Waals surface area (Å²) in [4.78, 5) is 3.14. The van der Waals surface area contributed by atoms with Crippen LogP contribution in [0.3, 0.4) is 0 Å². The molecule has 2 aromatic rings. The molecule has 4 heteroatoms. The van der Waals surface area contributed by atoms with E-state index in [2.05, 4.69) is 11.1 Å². The number of benzene rings is 1. The van der Waals surface area contributed by atoms with Gasteiger partial charge in [-0.1, -0.05) is 18.2 Å². The Hall–Kier alpha value is -1.50. The summed E-state index contributed by atoms with van der Waals surface area (Å²) in [5.74, 6) is 0. The molecule has 15 heavy (non-hydrogen) atoms. The highest BCUT2D eigenvalue weighted by Crippen LogP contribution is 2.23. The largest absolute Gasteiger partial charge is 0.361 e. The second kappa shape index (κ2) is 4.83. The number of fused-ring (bicyclic) bond motifs is 1. The van der Waals surface area contributed by atoms with Gasteiger partial charge in [0, 0.05) is 23.1 Å². The van der Waals surface area contributed by atoms with E-state index in [4.69, 9.17) is 11.0 Å². The Labute approximate surface area is 94.3 Å². The Morgan fingerprint density at radius 3 is 2.87 bits per heavy atom. The SMILES string of the molecule is Cl.N#CC[C@H](N)c1c[nH]c2ccccc12. The average molecular weight is 222 g/mol. The number of para-hydroxylation sites is 1. The summed E-state index contributed by atoms with van der Waals surface area (Å²) in [6.45, 7) is 0. The van der Waals surface area contributed by atoms with Crippen molar-refractivity contribution in [3.05, 3.63) is 36.0 Å². The number of hydrogen-bond donors (Lipinski definition) is 2. The van der Waals surface area contributed by atoms with E-state index in [9.17, 15) is 0 Å². The predicted octanol–water partition coefficient (Wildman–Crippen LogP) is 2.50. The van der Waals surface area contributed by atoms with Crippen molar-refractivity contribution in [1.82, 2.24) is 4.98 Å². The molecule has 1 atom stereocenters. The summed E-state index contributed by atoms with van der Waals surface area (Å²) in [7, 11) is 0. The first kappa shape index (κ1) is 11.6. The van der Waals surface area contributed by atoms with E-state index in [1.54, 1.807) is 0 Å². The average Bonchev–Trinajstić information content (AvgIpc) is 2.61. The van der Waals surface area contributed by atoms with Crippen LogP contribution in [0.2, 0.25) is 0 Å². The first-order valence-corrected chi connectivity index (χ1v) is 4.51. The highest BCUT2D eigenvalue weighted by molar-refractivity contribution is 5.85. The number of nitrogens with two attached hydrogens (primary N) is 1. The molecule has 0 aliphatic rings. The molecule has 0 aliphatic heterocycles. The Balaban J connectivity index is 0.00000112. The van der Waals surface area contributed by atoms with Gasteiger partial charge in [0.1, 0.15) is 0 Å². The second-order valence-corrected chi connectivity index (χ2v) is 3.26. The molecule has 0 amide bonds. The normalized spacial score (nSPS) is 11.7. The first-order chi connectivity index (χ1) is 6.83. The van der Waals surface area contributed by atoms with Crippen molar-refractivity contribution >= 4 is 23.3 Å². The lowest BCUT2D eigenvalue weighted by Gasteiger charge is -2.04. The van der Waals surface area contributed by atoms with Gasteiger partial charge in [-0.15, -0.1) is 12.4 Å². The summed E-state index contributed by atoms with van der Waals surface area (Å²) in [6.07, 6.45) is 2.23. The number of nitrogens with zero attached hydrogens (tertiary/aromatic N) is 1. The van der Waals surface area contributed by atoms with Gasteiger partial charge >= 0.3 is 0 Å². The molecule has 0 radical (unpaired) electrons. The molecule has 0 saturated heterocycles. The lowest BCUT2D eigenvalue weighted by atomic mass is 10.0. The minimum Gasteiger partial charge on any atom is -0.361 e. The second-order valence-electron chi connectivity index (χ2n) is 3.26. The molecule has 2 rings (SSSR count). The van der Waals surface area contributed by atoms with Gasteiger partial charge in [-0.05, 0) is 11.6 Å². The fourth-order valence-corrected chi connectivity index (χ4v) is 1.61. The number of H-pyrrole nitrogens is 1. The van der Waals surface area contributed by atoms with E-state index in [1.165, 1.54) is 0 Å².